The van der Waals surface area contributed by atoms with Gasteiger partial charge in [0.15, 0.2) is 24.5 Å². The Bertz CT molecular complexity index is 2360. The highest BCUT2D eigenvalue weighted by molar-refractivity contribution is 5.94. The first-order chi connectivity index (χ1) is 30.9. The number of carbonyl (C=O) groups excluding carboxylic acids is 4. The molecular weight excluding hydrogens is 825 g/mol. The summed E-state index contributed by atoms with van der Waals surface area (Å²) in [4.78, 5) is 97.7. The Kier molecular flexibility index (Phi) is 12.5. The Morgan fingerprint density at radius 3 is 1.30 bits per heavy atom. The third kappa shape index (κ3) is 9.06. The molecule has 8 rings (SSSR count). The Morgan fingerprint density at radius 1 is 0.562 bits per heavy atom. The van der Waals surface area contributed by atoms with Crippen molar-refractivity contribution in [3.8, 4) is 0 Å². The van der Waals surface area contributed by atoms with E-state index in [1.54, 1.807) is 0 Å². The minimum absolute atomic E-state index is 0.0193. The van der Waals surface area contributed by atoms with Crippen LogP contribution in [0, 0.1) is 20.2 Å². The Hall–Kier alpha value is -7.38. The van der Waals surface area contributed by atoms with Gasteiger partial charge in [-0.25, -0.2) is 19.2 Å². The van der Waals surface area contributed by atoms with E-state index in [4.69, 9.17) is 9.68 Å². The molecule has 4 heterocycles. The number of carbonyl (C=O) groups is 4. The molecule has 0 aliphatic carbocycles. The summed E-state index contributed by atoms with van der Waals surface area (Å²) in [5.74, 6) is -2.04. The standard InChI is InChI=1S/C46H46N8O10/c55-43(63-53(41-13-7-25-47(33-41)31-35-9-3-1-4-10-35)29-27-49(45(53)57)37-15-19-39(20-16-37)51(59)60)23-24-44(56)64-54(42-14-8-26-48(34-42)32-36-11-5-2-6-12-36)30-28-50(46(54)58)38-17-21-40(22-18-38)52(61)62/h1-6,9-24H,7-8,25-34H2/q+2/b24-23-. The Labute approximate surface area is 368 Å². The number of hydrogen-bond donors (Lipinski definition) is 0. The number of nitrogens with zero attached hydrogens (tertiary/aromatic N) is 8. The van der Waals surface area contributed by atoms with E-state index in [2.05, 4.69) is 9.80 Å². The van der Waals surface area contributed by atoms with Crippen molar-refractivity contribution in [2.24, 2.45) is 0 Å². The van der Waals surface area contributed by atoms with Crippen LogP contribution in [0.2, 0.25) is 0 Å². The zero-order valence-corrected chi connectivity index (χ0v) is 34.8. The molecule has 18 nitrogen and oxygen atoms in total. The summed E-state index contributed by atoms with van der Waals surface area (Å²) < 4.78 is -1.65. The molecule has 0 aromatic heterocycles. The third-order valence-corrected chi connectivity index (χ3v) is 11.8. The minimum Gasteiger partial charge on any atom is -0.289 e. The van der Waals surface area contributed by atoms with Crippen LogP contribution in [0.5, 0.6) is 0 Å². The Morgan fingerprint density at radius 2 is 0.938 bits per heavy atom. The van der Waals surface area contributed by atoms with E-state index in [0.717, 1.165) is 23.3 Å². The molecule has 64 heavy (non-hydrogen) atoms. The quantitative estimate of drug-likeness (QED) is 0.0562. The molecule has 2 saturated heterocycles. The summed E-state index contributed by atoms with van der Waals surface area (Å²) in [5, 5.41) is 22.7. The fourth-order valence-corrected chi connectivity index (χ4v) is 8.61. The van der Waals surface area contributed by atoms with Gasteiger partial charge >= 0.3 is 24.0 Å². The van der Waals surface area contributed by atoms with E-state index in [1.165, 1.54) is 58.3 Å². The maximum absolute atomic E-state index is 14.5. The van der Waals surface area contributed by atoms with Crippen LogP contribution in [0.1, 0.15) is 24.0 Å². The number of nitro benzene ring substituents is 2. The molecule has 4 amide bonds. The highest BCUT2D eigenvalue weighted by atomic mass is 16.8. The fraction of sp³-hybridized carbons (Fsp3) is 0.261. The number of nitro groups is 2. The summed E-state index contributed by atoms with van der Waals surface area (Å²) in [6, 6.07) is 29.5. The lowest BCUT2D eigenvalue weighted by Crippen LogP contribution is -2.54. The number of quaternary nitrogens is 2. The average molecular weight is 871 g/mol. The predicted molar refractivity (Wildman–Crippen MR) is 232 cm³/mol. The molecular formula is C46H46N8O10+2. The predicted octanol–water partition coefficient (Wildman–Crippen LogP) is 6.77. The van der Waals surface area contributed by atoms with Gasteiger partial charge in [-0.3, -0.25) is 49.5 Å². The van der Waals surface area contributed by atoms with Crippen LogP contribution < -0.4 is 9.80 Å². The van der Waals surface area contributed by atoms with Gasteiger partial charge in [0.05, 0.1) is 47.4 Å². The van der Waals surface area contributed by atoms with Crippen molar-refractivity contribution in [3.63, 3.8) is 0 Å². The summed E-state index contributed by atoms with van der Waals surface area (Å²) in [6.07, 6.45) is 6.64. The summed E-state index contributed by atoms with van der Waals surface area (Å²) >= 11 is 0. The summed E-state index contributed by atoms with van der Waals surface area (Å²) in [5.41, 5.74) is 3.64. The molecule has 4 aromatic carbocycles. The molecule has 2 atom stereocenters. The van der Waals surface area contributed by atoms with Crippen LogP contribution in [-0.4, -0.2) is 105 Å². The minimum atomic E-state index is -1.02. The van der Waals surface area contributed by atoms with Crippen molar-refractivity contribution in [2.45, 2.75) is 25.9 Å². The van der Waals surface area contributed by atoms with Crippen LogP contribution in [0.15, 0.2) is 145 Å². The normalized spacial score (nSPS) is 21.8. The Balaban J connectivity index is 1.04. The van der Waals surface area contributed by atoms with Crippen LogP contribution in [0.25, 0.3) is 0 Å². The highest BCUT2D eigenvalue weighted by Crippen LogP contribution is 2.36. The van der Waals surface area contributed by atoms with Gasteiger partial charge < -0.3 is 0 Å². The lowest BCUT2D eigenvalue weighted by atomic mass is 10.1. The molecule has 4 aliphatic rings. The van der Waals surface area contributed by atoms with Gasteiger partial charge in [-0.05, 0) is 69.7 Å². The lowest BCUT2D eigenvalue weighted by molar-refractivity contribution is -0.985. The van der Waals surface area contributed by atoms with E-state index < -0.39 is 43.1 Å². The van der Waals surface area contributed by atoms with Crippen LogP contribution in [0.3, 0.4) is 0 Å². The van der Waals surface area contributed by atoms with E-state index in [-0.39, 0.29) is 50.6 Å². The maximum Gasteiger partial charge on any atom is 0.470 e. The fourth-order valence-electron chi connectivity index (χ4n) is 8.61. The number of hydroxylamine groups is 6. The molecule has 2 fully saturated rings. The average Bonchev–Trinajstić information content (AvgIpc) is 3.82. The zero-order chi connectivity index (χ0) is 44.8. The molecule has 2 unspecified atom stereocenters. The van der Waals surface area contributed by atoms with Crippen LogP contribution >= 0.6 is 0 Å². The van der Waals surface area contributed by atoms with Crippen LogP contribution in [0.4, 0.5) is 32.3 Å². The highest BCUT2D eigenvalue weighted by Gasteiger charge is 2.57. The van der Waals surface area contributed by atoms with E-state index >= 15 is 0 Å². The molecule has 4 aromatic rings. The molecule has 4 aliphatic heterocycles. The molecule has 18 heteroatoms. The second kappa shape index (κ2) is 18.5. The first kappa shape index (κ1) is 43.3. The monoisotopic (exact) mass is 870 g/mol. The number of anilines is 2. The number of benzene rings is 4. The second-order valence-electron chi connectivity index (χ2n) is 15.9. The smallest absolute Gasteiger partial charge is 0.289 e. The number of urea groups is 2. The lowest BCUT2D eigenvalue weighted by Gasteiger charge is -2.34. The van der Waals surface area contributed by atoms with Crippen molar-refractivity contribution in [1.29, 1.82) is 0 Å². The first-order valence-corrected chi connectivity index (χ1v) is 20.9. The van der Waals surface area contributed by atoms with E-state index in [0.29, 0.717) is 61.8 Å². The van der Waals surface area contributed by atoms with Crippen molar-refractivity contribution in [1.82, 2.24) is 9.80 Å². The SMILES string of the molecule is O=C(/C=C\C(=O)O[N+]1(C2=CCCN(Cc3ccccc3)C2)CCN(c2ccc([N+](=O)[O-])cc2)C1=O)O[N+]1(C2=CCCN(Cc3ccccc3)C2)CCN(c2ccc([N+](=O)[O-])cc2)C1=O. The van der Waals surface area contributed by atoms with Gasteiger partial charge in [0.25, 0.3) is 11.4 Å². The van der Waals surface area contributed by atoms with Gasteiger partial charge in [0.1, 0.15) is 0 Å². The van der Waals surface area contributed by atoms with Gasteiger partial charge in [0, 0.05) is 62.6 Å². The molecule has 0 spiro atoms. The van der Waals surface area contributed by atoms with Gasteiger partial charge in [0.2, 0.25) is 0 Å². The zero-order valence-electron chi connectivity index (χ0n) is 34.8. The van der Waals surface area contributed by atoms with Crippen molar-refractivity contribution >= 4 is 46.8 Å². The molecule has 0 radical (unpaired) electrons. The molecule has 0 N–H and O–H groups in total. The number of non-ortho nitro benzene ring substituents is 2. The van der Waals surface area contributed by atoms with Crippen molar-refractivity contribution in [2.75, 3.05) is 62.2 Å². The maximum atomic E-state index is 14.5. The molecule has 328 valence electrons. The summed E-state index contributed by atoms with van der Waals surface area (Å²) in [6.45, 7) is 3.41. The third-order valence-electron chi connectivity index (χ3n) is 11.8. The summed E-state index contributed by atoms with van der Waals surface area (Å²) in [7, 11) is 0. The number of amides is 4. The number of hydrogen-bond acceptors (Lipinski definition) is 12. The van der Waals surface area contributed by atoms with Crippen molar-refractivity contribution in [3.05, 3.63) is 176 Å². The van der Waals surface area contributed by atoms with Gasteiger partial charge in [-0.15, -0.1) is 0 Å². The van der Waals surface area contributed by atoms with Crippen molar-refractivity contribution < 1.29 is 48.0 Å². The molecule has 0 saturated carbocycles. The van der Waals surface area contributed by atoms with Crippen LogP contribution in [-0.2, 0) is 32.4 Å². The van der Waals surface area contributed by atoms with Gasteiger partial charge in [-0.2, -0.15) is 0 Å². The van der Waals surface area contributed by atoms with E-state index in [1.807, 2.05) is 72.8 Å². The largest absolute Gasteiger partial charge is 0.470 e. The topological polar surface area (TPSA) is 186 Å². The van der Waals surface area contributed by atoms with E-state index in [9.17, 15) is 39.4 Å². The second-order valence-corrected chi connectivity index (χ2v) is 15.9. The number of rotatable bonds is 14. The molecule has 0 bridgehead atoms. The van der Waals surface area contributed by atoms with Gasteiger partial charge in [-0.1, -0.05) is 60.7 Å². The first-order valence-electron chi connectivity index (χ1n) is 20.9.